The molecule has 1 aromatic carbocycles. The lowest BCUT2D eigenvalue weighted by atomic mass is 10.0. The Morgan fingerprint density at radius 3 is 2.68 bits per heavy atom. The molecule has 2 aliphatic heterocycles. The van der Waals surface area contributed by atoms with Crippen molar-refractivity contribution in [3.05, 3.63) is 33.9 Å². The number of rotatable bonds is 3. The molecular formula is C19H24FN5O3. The van der Waals surface area contributed by atoms with Crippen LogP contribution in [-0.2, 0) is 0 Å². The molecule has 1 amide bonds. The summed E-state index contributed by atoms with van der Waals surface area (Å²) in [6, 6.07) is 1.14. The zero-order valence-corrected chi connectivity index (χ0v) is 16.2. The van der Waals surface area contributed by atoms with E-state index in [1.807, 2.05) is 23.4 Å². The van der Waals surface area contributed by atoms with Crippen molar-refractivity contribution in [1.82, 2.24) is 20.3 Å². The topological polar surface area (TPSA) is 78.8 Å². The van der Waals surface area contributed by atoms with Gasteiger partial charge in [-0.25, -0.2) is 9.82 Å². The number of benzene rings is 1. The Bertz CT molecular complexity index is 997. The summed E-state index contributed by atoms with van der Waals surface area (Å²) in [7, 11) is 3.57. The number of halogens is 1. The van der Waals surface area contributed by atoms with Gasteiger partial charge in [-0.2, -0.15) is 0 Å². The molecule has 1 aromatic heterocycles. The lowest BCUT2D eigenvalue weighted by molar-refractivity contribution is 0.0936. The maximum absolute atomic E-state index is 15.2. The first-order valence-electron chi connectivity index (χ1n) is 9.37. The summed E-state index contributed by atoms with van der Waals surface area (Å²) in [4.78, 5) is 29.4. The van der Waals surface area contributed by atoms with E-state index < -0.39 is 17.2 Å². The summed E-state index contributed by atoms with van der Waals surface area (Å²) in [6.07, 6.45) is 1.54. The van der Waals surface area contributed by atoms with Gasteiger partial charge >= 0.3 is 0 Å². The lowest BCUT2D eigenvalue weighted by Crippen LogP contribution is -2.45. The number of hydrogen-bond donors (Lipinski definition) is 2. The van der Waals surface area contributed by atoms with Gasteiger partial charge in [-0.15, -0.1) is 0 Å². The Balaban J connectivity index is 1.95. The molecule has 28 heavy (non-hydrogen) atoms. The number of aromatic nitrogens is 1. The maximum Gasteiger partial charge on any atom is 0.270 e. The van der Waals surface area contributed by atoms with Gasteiger partial charge in [0.2, 0.25) is 5.43 Å². The Hall–Kier alpha value is -2.65. The van der Waals surface area contributed by atoms with Crippen LogP contribution in [-0.4, -0.2) is 62.3 Å². The van der Waals surface area contributed by atoms with E-state index in [0.717, 1.165) is 13.1 Å². The average Bonchev–Trinajstić information content (AvgIpc) is 2.67. The van der Waals surface area contributed by atoms with Crippen LogP contribution in [0.5, 0.6) is 5.75 Å². The lowest BCUT2D eigenvalue weighted by Gasteiger charge is -2.37. The molecule has 1 saturated heterocycles. The van der Waals surface area contributed by atoms with E-state index in [1.54, 1.807) is 6.20 Å². The molecule has 8 nitrogen and oxygen atoms in total. The molecule has 2 aromatic rings. The smallest absolute Gasteiger partial charge is 0.270 e. The minimum Gasteiger partial charge on any atom is -0.487 e. The predicted molar refractivity (Wildman–Crippen MR) is 105 cm³/mol. The third-order valence-corrected chi connectivity index (χ3v) is 5.44. The fraction of sp³-hybridized carbons (Fsp3) is 0.474. The van der Waals surface area contributed by atoms with Crippen molar-refractivity contribution < 1.29 is 13.9 Å². The number of amides is 1. The summed E-state index contributed by atoms with van der Waals surface area (Å²) >= 11 is 0. The van der Waals surface area contributed by atoms with Crippen molar-refractivity contribution in [2.75, 3.05) is 51.8 Å². The van der Waals surface area contributed by atoms with Gasteiger partial charge in [0, 0.05) is 39.4 Å². The number of carbonyl (C=O) groups excluding carboxylic acids is 1. The fourth-order valence-electron chi connectivity index (χ4n) is 3.88. The number of ether oxygens (including phenoxy) is 1. The molecule has 2 aliphatic rings. The first kappa shape index (κ1) is 18.7. The van der Waals surface area contributed by atoms with Gasteiger partial charge < -0.3 is 19.1 Å². The molecule has 0 saturated carbocycles. The molecule has 0 aliphatic carbocycles. The first-order chi connectivity index (χ1) is 13.4. The zero-order chi connectivity index (χ0) is 20.0. The standard InChI is InChI=1S/C19H24FN5O3/c1-11-10-28-18-15-12(17(26)13(9-25(11)15)19(27)22-21-2)8-14(20)16(18)24-6-4-23(3)5-7-24/h8-9,11,21H,4-7,10H2,1-3H3,(H,22,27). The maximum atomic E-state index is 15.2. The van der Waals surface area contributed by atoms with Crippen LogP contribution in [0.15, 0.2) is 17.1 Å². The van der Waals surface area contributed by atoms with Crippen molar-refractivity contribution >= 4 is 22.5 Å². The minimum atomic E-state index is -0.554. The van der Waals surface area contributed by atoms with Crippen molar-refractivity contribution in [1.29, 1.82) is 0 Å². The summed E-state index contributed by atoms with van der Waals surface area (Å²) < 4.78 is 22.9. The molecule has 1 atom stereocenters. The quantitative estimate of drug-likeness (QED) is 0.753. The summed E-state index contributed by atoms with van der Waals surface area (Å²) in [6.45, 7) is 5.27. The number of hydrazine groups is 1. The monoisotopic (exact) mass is 389 g/mol. The van der Waals surface area contributed by atoms with Crippen LogP contribution in [0.2, 0.25) is 0 Å². The second-order valence-electron chi connectivity index (χ2n) is 7.37. The molecule has 3 heterocycles. The highest BCUT2D eigenvalue weighted by atomic mass is 19.1. The van der Waals surface area contributed by atoms with E-state index in [9.17, 15) is 9.59 Å². The summed E-state index contributed by atoms with van der Waals surface area (Å²) in [5.74, 6) is -0.672. The number of pyridine rings is 1. The van der Waals surface area contributed by atoms with E-state index in [4.69, 9.17) is 4.74 Å². The number of anilines is 1. The van der Waals surface area contributed by atoms with E-state index in [1.165, 1.54) is 13.1 Å². The van der Waals surface area contributed by atoms with Crippen LogP contribution in [0.1, 0.15) is 23.3 Å². The Morgan fingerprint density at radius 1 is 1.29 bits per heavy atom. The highest BCUT2D eigenvalue weighted by molar-refractivity contribution is 5.99. The van der Waals surface area contributed by atoms with E-state index in [0.29, 0.717) is 36.6 Å². The molecule has 1 unspecified atom stereocenters. The van der Waals surface area contributed by atoms with Crippen molar-refractivity contribution in [3.8, 4) is 5.75 Å². The number of nitrogens with one attached hydrogen (secondary N) is 2. The van der Waals surface area contributed by atoms with Gasteiger partial charge in [0.1, 0.15) is 17.9 Å². The van der Waals surface area contributed by atoms with Crippen LogP contribution >= 0.6 is 0 Å². The summed E-state index contributed by atoms with van der Waals surface area (Å²) in [5.41, 5.74) is 5.32. The van der Waals surface area contributed by atoms with E-state index in [2.05, 4.69) is 15.8 Å². The largest absolute Gasteiger partial charge is 0.487 e. The second-order valence-corrected chi connectivity index (χ2v) is 7.37. The van der Waals surface area contributed by atoms with Gasteiger partial charge in [-0.05, 0) is 20.0 Å². The highest BCUT2D eigenvalue weighted by Gasteiger charge is 2.30. The Kier molecular flexibility index (Phi) is 4.72. The van der Waals surface area contributed by atoms with Crippen LogP contribution in [0.4, 0.5) is 10.1 Å². The average molecular weight is 389 g/mol. The van der Waals surface area contributed by atoms with Gasteiger partial charge in [-0.1, -0.05) is 0 Å². The fourth-order valence-corrected chi connectivity index (χ4v) is 3.88. The van der Waals surface area contributed by atoms with Crippen molar-refractivity contribution in [2.45, 2.75) is 13.0 Å². The molecule has 4 rings (SSSR count). The Labute approximate surface area is 161 Å². The number of hydrogen-bond acceptors (Lipinski definition) is 6. The molecule has 0 spiro atoms. The zero-order valence-electron chi connectivity index (χ0n) is 16.2. The first-order valence-corrected chi connectivity index (χ1v) is 9.37. The van der Waals surface area contributed by atoms with Crippen molar-refractivity contribution in [3.63, 3.8) is 0 Å². The molecule has 0 bridgehead atoms. The molecule has 1 fully saturated rings. The van der Waals surface area contributed by atoms with Gasteiger partial charge in [0.25, 0.3) is 5.91 Å². The highest BCUT2D eigenvalue weighted by Crippen LogP contribution is 2.42. The van der Waals surface area contributed by atoms with E-state index in [-0.39, 0.29) is 17.0 Å². The molecule has 9 heteroatoms. The summed E-state index contributed by atoms with van der Waals surface area (Å²) in [5, 5.41) is 0.153. The van der Waals surface area contributed by atoms with Crippen LogP contribution in [0.3, 0.4) is 0 Å². The normalized spacial score (nSPS) is 19.6. The number of nitrogens with zero attached hydrogens (tertiary/aromatic N) is 3. The SMILES string of the molecule is CNNC(=O)c1cn2c3c(c(N4CCN(C)CC4)c(F)cc3c1=O)OCC2C. The van der Waals surface area contributed by atoms with Crippen LogP contribution < -0.4 is 25.9 Å². The number of piperazine rings is 1. The predicted octanol–water partition coefficient (Wildman–Crippen LogP) is 0.710. The van der Waals surface area contributed by atoms with Crippen molar-refractivity contribution in [2.24, 2.45) is 0 Å². The number of likely N-dealkylation sites (N-methyl/N-ethyl adjacent to an activating group) is 1. The third-order valence-electron chi connectivity index (χ3n) is 5.44. The molecule has 2 N–H and O–H groups in total. The van der Waals surface area contributed by atoms with Crippen LogP contribution in [0.25, 0.3) is 10.9 Å². The van der Waals surface area contributed by atoms with Crippen LogP contribution in [0, 0.1) is 5.82 Å². The molecular weight excluding hydrogens is 365 g/mol. The van der Waals surface area contributed by atoms with Gasteiger partial charge in [-0.3, -0.25) is 15.0 Å². The molecule has 150 valence electrons. The Morgan fingerprint density at radius 2 is 2.00 bits per heavy atom. The van der Waals surface area contributed by atoms with Gasteiger partial charge in [0.15, 0.2) is 11.6 Å². The van der Waals surface area contributed by atoms with E-state index >= 15 is 4.39 Å². The number of carbonyl (C=O) groups is 1. The minimum absolute atomic E-state index is 0.0340. The van der Waals surface area contributed by atoms with Gasteiger partial charge in [0.05, 0.1) is 16.9 Å². The third kappa shape index (κ3) is 2.91. The molecule has 0 radical (unpaired) electrons. The second kappa shape index (κ2) is 7.06.